The van der Waals surface area contributed by atoms with Crippen LogP contribution in [0.25, 0.3) is 0 Å². The predicted molar refractivity (Wildman–Crippen MR) is 92.8 cm³/mol. The molecule has 1 aliphatic heterocycles. The zero-order valence-electron chi connectivity index (χ0n) is 14.9. The summed E-state index contributed by atoms with van der Waals surface area (Å²) in [5.41, 5.74) is 0. The quantitative estimate of drug-likeness (QED) is 0.797. The van der Waals surface area contributed by atoms with Gasteiger partial charge in [-0.3, -0.25) is 4.98 Å². The Labute approximate surface area is 147 Å². The first-order chi connectivity index (χ1) is 12.2. The van der Waals surface area contributed by atoms with Gasteiger partial charge in [-0.2, -0.15) is 9.97 Å². The van der Waals surface area contributed by atoms with Crippen LogP contribution in [-0.2, 0) is 0 Å². The van der Waals surface area contributed by atoms with Crippen LogP contribution in [0.5, 0.6) is 5.88 Å². The lowest BCUT2D eigenvalue weighted by atomic mass is 9.96. The van der Waals surface area contributed by atoms with Crippen molar-refractivity contribution in [3.8, 4) is 5.88 Å². The van der Waals surface area contributed by atoms with Crippen molar-refractivity contribution in [3.63, 3.8) is 0 Å². The monoisotopic (exact) mass is 343 g/mol. The van der Waals surface area contributed by atoms with E-state index in [0.717, 1.165) is 43.5 Å². The second-order valence-corrected chi connectivity index (χ2v) is 7.45. The lowest BCUT2D eigenvalue weighted by Crippen LogP contribution is -2.34. The fourth-order valence-electron chi connectivity index (χ4n) is 3.09. The van der Waals surface area contributed by atoms with Crippen LogP contribution in [-0.4, -0.2) is 39.8 Å². The van der Waals surface area contributed by atoms with E-state index in [-0.39, 0.29) is 0 Å². The van der Waals surface area contributed by atoms with Crippen molar-refractivity contribution in [1.29, 1.82) is 0 Å². The first-order valence-corrected chi connectivity index (χ1v) is 9.22. The van der Waals surface area contributed by atoms with Crippen molar-refractivity contribution >= 4 is 5.82 Å². The Morgan fingerprint density at radius 2 is 1.92 bits per heavy atom. The van der Waals surface area contributed by atoms with Gasteiger partial charge in [0.05, 0.1) is 19.0 Å². The molecule has 4 rings (SSSR count). The molecule has 0 amide bonds. The summed E-state index contributed by atoms with van der Waals surface area (Å²) in [6.07, 6.45) is 7.87. The summed E-state index contributed by atoms with van der Waals surface area (Å²) in [7, 11) is 0. The zero-order valence-corrected chi connectivity index (χ0v) is 14.9. The molecule has 1 aliphatic carbocycles. The van der Waals surface area contributed by atoms with Crippen molar-refractivity contribution in [2.75, 3.05) is 24.6 Å². The van der Waals surface area contributed by atoms with Crippen LogP contribution in [0, 0.1) is 5.92 Å². The number of ether oxygens (including phenoxy) is 1. The molecule has 0 bridgehead atoms. The van der Waals surface area contributed by atoms with Crippen molar-refractivity contribution in [2.45, 2.75) is 51.4 Å². The van der Waals surface area contributed by atoms with Gasteiger partial charge in [0.1, 0.15) is 0 Å². The van der Waals surface area contributed by atoms with Gasteiger partial charge >= 0.3 is 0 Å². The second kappa shape index (κ2) is 6.98. The van der Waals surface area contributed by atoms with Crippen LogP contribution in [0.3, 0.4) is 0 Å². The van der Waals surface area contributed by atoms with Gasteiger partial charge in [0.2, 0.25) is 11.8 Å². The predicted octanol–water partition coefficient (Wildman–Crippen LogP) is 3.16. The lowest BCUT2D eigenvalue weighted by molar-refractivity contribution is 0.260. The topological polar surface area (TPSA) is 77.2 Å². The maximum absolute atomic E-state index is 5.69. The van der Waals surface area contributed by atoms with Gasteiger partial charge in [-0.15, -0.1) is 0 Å². The molecule has 0 radical (unpaired) electrons. The summed E-state index contributed by atoms with van der Waals surface area (Å²) < 4.78 is 11.1. The average molecular weight is 343 g/mol. The van der Waals surface area contributed by atoms with Gasteiger partial charge in [-0.25, -0.2) is 0 Å². The van der Waals surface area contributed by atoms with Crippen LogP contribution in [0.1, 0.15) is 63.1 Å². The third-order valence-corrected chi connectivity index (χ3v) is 4.73. The SMILES string of the molecule is CC(C)COc1cncc(N2CCC(c3noc(C4CC4)n3)CC2)n1. The normalized spacial score (nSPS) is 18.8. The standard InChI is InChI=1S/C18H25N5O2/c1-12(2)11-24-16-10-19-9-15(20-16)23-7-5-13(6-8-23)17-21-18(25-22-17)14-3-4-14/h9-10,12-14H,3-8,11H2,1-2H3. The molecular weight excluding hydrogens is 318 g/mol. The fraction of sp³-hybridized carbons (Fsp3) is 0.667. The Hall–Kier alpha value is -2.18. The van der Waals surface area contributed by atoms with E-state index < -0.39 is 0 Å². The minimum absolute atomic E-state index is 0.376. The van der Waals surface area contributed by atoms with Gasteiger partial charge in [0, 0.05) is 24.9 Å². The summed E-state index contributed by atoms with van der Waals surface area (Å²) in [6.45, 7) is 6.73. The Bertz CT molecular complexity index is 705. The third-order valence-electron chi connectivity index (χ3n) is 4.73. The van der Waals surface area contributed by atoms with E-state index in [1.54, 1.807) is 6.20 Å². The molecule has 7 nitrogen and oxygen atoms in total. The van der Waals surface area contributed by atoms with Crippen molar-refractivity contribution in [2.24, 2.45) is 5.92 Å². The fourth-order valence-corrected chi connectivity index (χ4v) is 3.09. The molecule has 0 aromatic carbocycles. The van der Waals surface area contributed by atoms with Crippen LogP contribution >= 0.6 is 0 Å². The molecule has 2 aromatic heterocycles. The highest BCUT2D eigenvalue weighted by molar-refractivity contribution is 5.38. The van der Waals surface area contributed by atoms with E-state index in [2.05, 4.69) is 38.9 Å². The minimum Gasteiger partial charge on any atom is -0.476 e. The minimum atomic E-state index is 0.376. The molecule has 0 N–H and O–H groups in total. The molecule has 1 saturated carbocycles. The molecule has 2 fully saturated rings. The summed E-state index contributed by atoms with van der Waals surface area (Å²) in [6, 6.07) is 0. The van der Waals surface area contributed by atoms with Gasteiger partial charge < -0.3 is 14.2 Å². The Kier molecular flexibility index (Phi) is 4.55. The number of hydrogen-bond acceptors (Lipinski definition) is 7. The molecule has 2 aliphatic rings. The molecule has 1 saturated heterocycles. The van der Waals surface area contributed by atoms with Crippen molar-refractivity contribution in [1.82, 2.24) is 20.1 Å². The van der Waals surface area contributed by atoms with E-state index >= 15 is 0 Å². The van der Waals surface area contributed by atoms with E-state index in [1.165, 1.54) is 12.8 Å². The van der Waals surface area contributed by atoms with E-state index in [0.29, 0.717) is 30.2 Å². The van der Waals surface area contributed by atoms with Crippen LogP contribution in [0.2, 0.25) is 0 Å². The maximum atomic E-state index is 5.69. The van der Waals surface area contributed by atoms with Gasteiger partial charge in [-0.1, -0.05) is 19.0 Å². The molecular formula is C18H25N5O2. The van der Waals surface area contributed by atoms with Crippen LogP contribution in [0.4, 0.5) is 5.82 Å². The molecule has 2 aromatic rings. The molecule has 0 spiro atoms. The molecule has 134 valence electrons. The summed E-state index contributed by atoms with van der Waals surface area (Å²) >= 11 is 0. The van der Waals surface area contributed by atoms with Crippen molar-refractivity contribution in [3.05, 3.63) is 24.1 Å². The van der Waals surface area contributed by atoms with E-state index in [4.69, 9.17) is 9.26 Å². The first kappa shape index (κ1) is 16.3. The summed E-state index contributed by atoms with van der Waals surface area (Å²) in [5, 5.41) is 4.20. The van der Waals surface area contributed by atoms with Gasteiger partial charge in [-0.05, 0) is 31.6 Å². The number of aromatic nitrogens is 4. The number of nitrogens with zero attached hydrogens (tertiary/aromatic N) is 5. The Morgan fingerprint density at radius 3 is 2.64 bits per heavy atom. The smallest absolute Gasteiger partial charge is 0.234 e. The van der Waals surface area contributed by atoms with Gasteiger partial charge in [0.15, 0.2) is 11.6 Å². The summed E-state index contributed by atoms with van der Waals surface area (Å²) in [5.74, 6) is 4.55. The molecule has 25 heavy (non-hydrogen) atoms. The van der Waals surface area contributed by atoms with E-state index in [9.17, 15) is 0 Å². The van der Waals surface area contributed by atoms with Gasteiger partial charge in [0.25, 0.3) is 0 Å². The van der Waals surface area contributed by atoms with Crippen LogP contribution < -0.4 is 9.64 Å². The highest BCUT2D eigenvalue weighted by Gasteiger charge is 2.32. The highest BCUT2D eigenvalue weighted by Crippen LogP contribution is 2.40. The molecule has 3 heterocycles. The number of rotatable bonds is 6. The molecule has 0 unspecified atom stereocenters. The lowest BCUT2D eigenvalue weighted by Gasteiger charge is -2.31. The Balaban J connectivity index is 1.35. The third kappa shape index (κ3) is 3.91. The largest absolute Gasteiger partial charge is 0.476 e. The molecule has 0 atom stereocenters. The van der Waals surface area contributed by atoms with Crippen molar-refractivity contribution < 1.29 is 9.26 Å². The highest BCUT2D eigenvalue weighted by atomic mass is 16.5. The summed E-state index contributed by atoms with van der Waals surface area (Å²) in [4.78, 5) is 15.7. The molecule has 7 heteroatoms. The second-order valence-electron chi connectivity index (χ2n) is 7.45. The van der Waals surface area contributed by atoms with Crippen LogP contribution in [0.15, 0.2) is 16.9 Å². The Morgan fingerprint density at radius 1 is 1.12 bits per heavy atom. The number of anilines is 1. The van der Waals surface area contributed by atoms with E-state index in [1.807, 2.05) is 6.20 Å². The number of hydrogen-bond donors (Lipinski definition) is 0. The maximum Gasteiger partial charge on any atom is 0.234 e. The first-order valence-electron chi connectivity index (χ1n) is 9.22. The average Bonchev–Trinajstić information content (AvgIpc) is 3.37. The number of piperidine rings is 1. The zero-order chi connectivity index (χ0) is 17.2.